The van der Waals surface area contributed by atoms with Crippen LogP contribution in [0.3, 0.4) is 0 Å². The summed E-state index contributed by atoms with van der Waals surface area (Å²) in [5.41, 5.74) is 3.00. The third-order valence-corrected chi connectivity index (χ3v) is 8.25. The summed E-state index contributed by atoms with van der Waals surface area (Å²) >= 11 is 6.11. The van der Waals surface area contributed by atoms with Crippen LogP contribution < -0.4 is 0 Å². The predicted molar refractivity (Wildman–Crippen MR) is 146 cm³/mol. The van der Waals surface area contributed by atoms with Gasteiger partial charge in [-0.05, 0) is 84.6 Å². The molecule has 0 saturated heterocycles. The van der Waals surface area contributed by atoms with Crippen LogP contribution >= 0.6 is 11.6 Å². The van der Waals surface area contributed by atoms with Crippen LogP contribution in [0.15, 0.2) is 113 Å². The number of rotatable bonds is 11. The molecule has 7 heteroatoms. The summed E-state index contributed by atoms with van der Waals surface area (Å²) in [5, 5.41) is 20.9. The van der Waals surface area contributed by atoms with Crippen molar-refractivity contribution in [3.63, 3.8) is 0 Å². The van der Waals surface area contributed by atoms with Gasteiger partial charge in [-0.2, -0.15) is 0 Å². The van der Waals surface area contributed by atoms with E-state index in [4.69, 9.17) is 11.6 Å². The number of aliphatic hydroxyl groups excluding tert-OH is 1. The van der Waals surface area contributed by atoms with E-state index in [-0.39, 0.29) is 15.5 Å². The zero-order valence-corrected chi connectivity index (χ0v) is 21.9. The molecule has 4 rings (SSSR count). The lowest BCUT2D eigenvalue weighted by Crippen LogP contribution is -2.29. The van der Waals surface area contributed by atoms with Gasteiger partial charge >= 0.3 is 0 Å². The summed E-state index contributed by atoms with van der Waals surface area (Å²) in [6.45, 7) is 1.95. The van der Waals surface area contributed by atoms with E-state index < -0.39 is 15.9 Å². The minimum Gasteiger partial charge on any atom is -0.508 e. The lowest BCUT2D eigenvalue weighted by atomic mass is 10.1. The van der Waals surface area contributed by atoms with Crippen LogP contribution in [0.2, 0.25) is 5.02 Å². The second-order valence-electron chi connectivity index (χ2n) is 9.04. The highest BCUT2D eigenvalue weighted by molar-refractivity contribution is 7.91. The SMILES string of the molecule is O=S(=O)(c1ccc(O)cc1)c1ccc(CCCN(Cc2ccccc2)C[C@@H](O)c2cccc(Cl)c2)cc1. The second-order valence-corrected chi connectivity index (χ2v) is 11.4. The Kier molecular flexibility index (Phi) is 9.00. The van der Waals surface area contributed by atoms with Crippen molar-refractivity contribution in [1.29, 1.82) is 0 Å². The Morgan fingerprint density at radius 2 is 1.43 bits per heavy atom. The molecule has 192 valence electrons. The van der Waals surface area contributed by atoms with Gasteiger partial charge in [0.2, 0.25) is 9.84 Å². The Morgan fingerprint density at radius 1 is 0.784 bits per heavy atom. The molecule has 4 aromatic rings. The van der Waals surface area contributed by atoms with E-state index in [1.165, 1.54) is 29.8 Å². The van der Waals surface area contributed by atoms with Crippen molar-refractivity contribution >= 4 is 21.4 Å². The first kappa shape index (κ1) is 26.9. The average molecular weight is 536 g/mol. The Labute approximate surface area is 223 Å². The Morgan fingerprint density at radius 3 is 2.08 bits per heavy atom. The summed E-state index contributed by atoms with van der Waals surface area (Å²) < 4.78 is 25.7. The van der Waals surface area contributed by atoms with Crippen molar-refractivity contribution in [1.82, 2.24) is 4.90 Å². The number of phenolic OH excluding ortho intramolecular Hbond substituents is 1. The fourth-order valence-electron chi connectivity index (χ4n) is 4.24. The van der Waals surface area contributed by atoms with Crippen molar-refractivity contribution in [2.45, 2.75) is 35.3 Å². The fraction of sp³-hybridized carbons (Fsp3) is 0.200. The van der Waals surface area contributed by atoms with Gasteiger partial charge < -0.3 is 10.2 Å². The minimum absolute atomic E-state index is 0.0238. The van der Waals surface area contributed by atoms with Crippen LogP contribution in [0.4, 0.5) is 0 Å². The quantitative estimate of drug-likeness (QED) is 0.244. The van der Waals surface area contributed by atoms with E-state index in [0.717, 1.165) is 30.5 Å². The average Bonchev–Trinajstić information content (AvgIpc) is 2.90. The van der Waals surface area contributed by atoms with Crippen LogP contribution in [0, 0.1) is 0 Å². The number of hydrogen-bond acceptors (Lipinski definition) is 5. The number of phenols is 1. The zero-order valence-electron chi connectivity index (χ0n) is 20.4. The van der Waals surface area contributed by atoms with Crippen LogP contribution in [0.25, 0.3) is 0 Å². The van der Waals surface area contributed by atoms with Gasteiger partial charge in [0, 0.05) is 18.1 Å². The molecule has 1 atom stereocenters. The highest BCUT2D eigenvalue weighted by Gasteiger charge is 2.18. The first-order valence-electron chi connectivity index (χ1n) is 12.1. The van der Waals surface area contributed by atoms with E-state index in [1.807, 2.05) is 42.5 Å². The molecule has 0 spiro atoms. The Bertz CT molecular complexity index is 1390. The number of sulfone groups is 1. The number of nitrogens with zero attached hydrogens (tertiary/aromatic N) is 1. The third-order valence-electron chi connectivity index (χ3n) is 6.23. The molecular weight excluding hydrogens is 506 g/mol. The monoisotopic (exact) mass is 535 g/mol. The lowest BCUT2D eigenvalue weighted by molar-refractivity contribution is 0.108. The number of halogens is 1. The number of hydrogen-bond donors (Lipinski definition) is 2. The summed E-state index contributed by atoms with van der Waals surface area (Å²) in [6.07, 6.45) is 0.962. The fourth-order valence-corrected chi connectivity index (χ4v) is 5.70. The summed E-state index contributed by atoms with van der Waals surface area (Å²) in [7, 11) is -3.64. The highest BCUT2D eigenvalue weighted by Crippen LogP contribution is 2.24. The maximum Gasteiger partial charge on any atom is 0.206 e. The maximum atomic E-state index is 12.9. The van der Waals surface area contributed by atoms with E-state index >= 15 is 0 Å². The van der Waals surface area contributed by atoms with E-state index in [9.17, 15) is 18.6 Å². The molecule has 0 aliphatic carbocycles. The molecule has 0 aliphatic heterocycles. The van der Waals surface area contributed by atoms with Gasteiger partial charge in [-0.25, -0.2) is 8.42 Å². The molecule has 2 N–H and O–H groups in total. The number of aliphatic hydroxyl groups is 1. The molecular formula is C30H30ClNO4S. The molecule has 0 heterocycles. The number of aromatic hydroxyl groups is 1. The first-order chi connectivity index (χ1) is 17.8. The maximum absolute atomic E-state index is 12.9. The molecule has 0 amide bonds. The molecule has 5 nitrogen and oxygen atoms in total. The van der Waals surface area contributed by atoms with Crippen molar-refractivity contribution in [3.05, 3.63) is 125 Å². The standard InChI is InChI=1S/C30H30ClNO4S/c31-26-10-4-9-25(20-26)30(34)22-32(21-24-6-2-1-3-7-24)19-5-8-23-11-15-28(16-12-23)37(35,36)29-17-13-27(33)14-18-29/h1-4,6-7,9-18,20,30,33-34H,5,8,19,21-22H2/t30-/m1/s1. The minimum atomic E-state index is -3.64. The van der Waals surface area contributed by atoms with Gasteiger partial charge in [-0.1, -0.05) is 66.2 Å². The van der Waals surface area contributed by atoms with Gasteiger partial charge in [0.05, 0.1) is 15.9 Å². The summed E-state index contributed by atoms with van der Waals surface area (Å²) in [4.78, 5) is 2.59. The van der Waals surface area contributed by atoms with E-state index in [1.54, 1.807) is 24.3 Å². The van der Waals surface area contributed by atoms with Crippen molar-refractivity contribution in [2.75, 3.05) is 13.1 Å². The summed E-state index contributed by atoms with van der Waals surface area (Å²) in [5.74, 6) is 0.0238. The molecule has 0 radical (unpaired) electrons. The van der Waals surface area contributed by atoms with Gasteiger partial charge in [0.1, 0.15) is 5.75 Å². The highest BCUT2D eigenvalue weighted by atomic mass is 35.5. The van der Waals surface area contributed by atoms with Crippen molar-refractivity contribution in [3.8, 4) is 5.75 Å². The predicted octanol–water partition coefficient (Wildman–Crippen LogP) is 6.05. The Balaban J connectivity index is 1.39. The third kappa shape index (κ3) is 7.43. The van der Waals surface area contributed by atoms with Crippen molar-refractivity contribution < 1.29 is 18.6 Å². The van der Waals surface area contributed by atoms with Crippen molar-refractivity contribution in [2.24, 2.45) is 0 Å². The van der Waals surface area contributed by atoms with E-state index in [0.29, 0.717) is 18.1 Å². The normalized spacial score (nSPS) is 12.5. The number of benzene rings is 4. The summed E-state index contributed by atoms with van der Waals surface area (Å²) in [6, 6.07) is 29.9. The first-order valence-corrected chi connectivity index (χ1v) is 14.0. The lowest BCUT2D eigenvalue weighted by Gasteiger charge is -2.25. The molecule has 4 aromatic carbocycles. The van der Waals surface area contributed by atoms with E-state index in [2.05, 4.69) is 17.0 Å². The Hall–Kier alpha value is -3.16. The molecule has 0 bridgehead atoms. The van der Waals surface area contributed by atoms with Crippen LogP contribution in [-0.4, -0.2) is 36.6 Å². The number of aryl methyl sites for hydroxylation is 1. The molecule has 0 aliphatic rings. The smallest absolute Gasteiger partial charge is 0.206 e. The molecule has 0 fully saturated rings. The molecule has 0 unspecified atom stereocenters. The molecule has 37 heavy (non-hydrogen) atoms. The van der Waals surface area contributed by atoms with Crippen LogP contribution in [0.5, 0.6) is 5.75 Å². The molecule has 0 aromatic heterocycles. The van der Waals surface area contributed by atoms with Crippen LogP contribution in [0.1, 0.15) is 29.2 Å². The second kappa shape index (κ2) is 12.4. The zero-order chi connectivity index (χ0) is 26.3. The topological polar surface area (TPSA) is 77.8 Å². The van der Waals surface area contributed by atoms with Gasteiger partial charge in [0.25, 0.3) is 0 Å². The van der Waals surface area contributed by atoms with Gasteiger partial charge in [-0.15, -0.1) is 0 Å². The molecule has 0 saturated carbocycles. The van der Waals surface area contributed by atoms with Gasteiger partial charge in [0.15, 0.2) is 0 Å². The van der Waals surface area contributed by atoms with Gasteiger partial charge in [-0.3, -0.25) is 4.90 Å². The van der Waals surface area contributed by atoms with Crippen LogP contribution in [-0.2, 0) is 22.8 Å². The largest absolute Gasteiger partial charge is 0.508 e.